The van der Waals surface area contributed by atoms with Crippen LogP contribution in [0, 0.1) is 0 Å². The molecule has 0 saturated heterocycles. The SMILES string of the molecule is C.C.C.C.C.[Zn].[Zn].[Zn].[Zn].[Zn].[Zn].[Zn]. The first-order valence-electron chi connectivity index (χ1n) is 0. The van der Waals surface area contributed by atoms with E-state index in [1.54, 1.807) is 0 Å². The van der Waals surface area contributed by atoms with E-state index < -0.39 is 0 Å². The molecule has 0 fully saturated rings. The fourth-order valence-corrected chi connectivity index (χ4v) is 0. The molecule has 0 amide bonds. The topological polar surface area (TPSA) is 0 Å². The Morgan fingerprint density at radius 2 is 0.167 bits per heavy atom. The molecule has 0 aliphatic heterocycles. The zero-order chi connectivity index (χ0) is 0. The van der Waals surface area contributed by atoms with Gasteiger partial charge in [-0.3, -0.25) is 0 Å². The van der Waals surface area contributed by atoms with Crippen LogP contribution >= 0.6 is 0 Å². The molecule has 0 rings (SSSR count). The predicted molar refractivity (Wildman–Crippen MR) is 33.7 cm³/mol. The minimum absolute atomic E-state index is 0. The first-order valence-corrected chi connectivity index (χ1v) is 0. The van der Waals surface area contributed by atoms with Gasteiger partial charge in [-0.15, -0.1) is 0 Å². The van der Waals surface area contributed by atoms with Crippen LogP contribution in [0.4, 0.5) is 0 Å². The standard InChI is InChI=1S/5CH4.7Zn/h5*1H4;;;;;;;. The maximum atomic E-state index is 0. The van der Waals surface area contributed by atoms with Gasteiger partial charge in [-0.25, -0.2) is 0 Å². The summed E-state index contributed by atoms with van der Waals surface area (Å²) < 4.78 is 0. The van der Waals surface area contributed by atoms with Crippen molar-refractivity contribution in [3.05, 3.63) is 0 Å². The van der Waals surface area contributed by atoms with Gasteiger partial charge in [-0.05, 0) is 0 Å². The van der Waals surface area contributed by atoms with Crippen molar-refractivity contribution in [1.29, 1.82) is 0 Å². The van der Waals surface area contributed by atoms with Crippen LogP contribution in [0.2, 0.25) is 0 Å². The maximum absolute atomic E-state index is 0. The first-order chi connectivity index (χ1) is 0. The summed E-state index contributed by atoms with van der Waals surface area (Å²) in [6, 6.07) is 0. The summed E-state index contributed by atoms with van der Waals surface area (Å²) >= 11 is 0. The molecule has 0 N–H and O–H groups in total. The van der Waals surface area contributed by atoms with E-state index >= 15 is 0 Å². The Bertz CT molecular complexity index is 11.8. The Labute approximate surface area is 170 Å². The third-order valence-electron chi connectivity index (χ3n) is 0. The minimum atomic E-state index is 0. The molecule has 0 spiro atoms. The minimum Gasteiger partial charge on any atom is -0.0776 e. The fraction of sp³-hybridized carbons (Fsp3) is 1.00. The molecule has 0 atom stereocenters. The van der Waals surface area contributed by atoms with Gasteiger partial charge in [-0.2, -0.15) is 0 Å². The van der Waals surface area contributed by atoms with Crippen LogP contribution in [0.1, 0.15) is 37.1 Å². The number of hydrogen-bond donors (Lipinski definition) is 0. The van der Waals surface area contributed by atoms with Gasteiger partial charge in [-0.1, -0.05) is 37.1 Å². The molecule has 0 aromatic heterocycles. The van der Waals surface area contributed by atoms with E-state index in [1.807, 2.05) is 0 Å². The van der Waals surface area contributed by atoms with Crippen molar-refractivity contribution in [3.8, 4) is 0 Å². The Morgan fingerprint density at radius 3 is 0.167 bits per heavy atom. The molecule has 0 aromatic carbocycles. The normalized spacial score (nSPS) is 0. The van der Waals surface area contributed by atoms with E-state index in [0.29, 0.717) is 0 Å². The van der Waals surface area contributed by atoms with Crippen LogP contribution in [0.25, 0.3) is 0 Å². The van der Waals surface area contributed by atoms with Crippen LogP contribution < -0.4 is 0 Å². The predicted octanol–water partition coefficient (Wildman–Crippen LogP) is 3.16. The van der Waals surface area contributed by atoms with E-state index in [0.717, 1.165) is 0 Å². The van der Waals surface area contributed by atoms with Crippen LogP contribution in [0.5, 0.6) is 0 Å². The monoisotopic (exact) mass is 528 g/mol. The molecular weight excluding hydrogens is 518 g/mol. The average Bonchev–Trinajstić information content (AvgIpc) is 0. The van der Waals surface area contributed by atoms with E-state index in [2.05, 4.69) is 0 Å². The summed E-state index contributed by atoms with van der Waals surface area (Å²) in [4.78, 5) is 0. The summed E-state index contributed by atoms with van der Waals surface area (Å²) in [5.74, 6) is 0. The number of rotatable bonds is 0. The smallest absolute Gasteiger partial charge is 0 e. The molecule has 54 valence electrons. The van der Waals surface area contributed by atoms with Crippen molar-refractivity contribution in [2.75, 3.05) is 0 Å². The Hall–Kier alpha value is 4.36. The molecule has 7 heteroatoms. The van der Waals surface area contributed by atoms with Crippen molar-refractivity contribution in [3.63, 3.8) is 0 Å². The van der Waals surface area contributed by atoms with Crippen LogP contribution in [0.15, 0.2) is 0 Å². The van der Waals surface area contributed by atoms with Crippen LogP contribution in [-0.2, 0) is 136 Å². The van der Waals surface area contributed by atoms with Gasteiger partial charge >= 0.3 is 0 Å². The van der Waals surface area contributed by atoms with E-state index in [9.17, 15) is 0 Å². The van der Waals surface area contributed by atoms with E-state index in [1.165, 1.54) is 0 Å². The van der Waals surface area contributed by atoms with Gasteiger partial charge in [0.1, 0.15) is 0 Å². The largest absolute Gasteiger partial charge is 0.0776 e. The van der Waals surface area contributed by atoms with Crippen LogP contribution in [-0.4, -0.2) is 0 Å². The summed E-state index contributed by atoms with van der Waals surface area (Å²) in [7, 11) is 0. The van der Waals surface area contributed by atoms with E-state index in [4.69, 9.17) is 0 Å². The Kier molecular flexibility index (Phi) is 2810. The van der Waals surface area contributed by atoms with Gasteiger partial charge in [0.25, 0.3) is 0 Å². The molecule has 0 bridgehead atoms. The third kappa shape index (κ3) is 135. The molecule has 12 heavy (non-hydrogen) atoms. The summed E-state index contributed by atoms with van der Waals surface area (Å²) in [6.45, 7) is 0. The second kappa shape index (κ2) is 166. The molecule has 0 aliphatic carbocycles. The second-order valence-corrected chi connectivity index (χ2v) is 0. The van der Waals surface area contributed by atoms with Gasteiger partial charge in [0, 0.05) is 136 Å². The number of hydrogen-bond acceptors (Lipinski definition) is 0. The third-order valence-corrected chi connectivity index (χ3v) is 0. The average molecular weight is 538 g/mol. The summed E-state index contributed by atoms with van der Waals surface area (Å²) in [5, 5.41) is 0. The maximum Gasteiger partial charge on any atom is 0 e. The van der Waals surface area contributed by atoms with Gasteiger partial charge in [0.05, 0.1) is 0 Å². The van der Waals surface area contributed by atoms with Crippen molar-refractivity contribution < 1.29 is 136 Å². The van der Waals surface area contributed by atoms with Crippen molar-refractivity contribution >= 4 is 0 Å². The molecule has 0 saturated carbocycles. The molecular formula is C5H20Zn7. The summed E-state index contributed by atoms with van der Waals surface area (Å²) in [5.41, 5.74) is 0. The molecule has 0 unspecified atom stereocenters. The summed E-state index contributed by atoms with van der Waals surface area (Å²) in [6.07, 6.45) is 0. The molecule has 0 radical (unpaired) electrons. The van der Waals surface area contributed by atoms with Crippen molar-refractivity contribution in [2.24, 2.45) is 0 Å². The van der Waals surface area contributed by atoms with E-state index in [-0.39, 0.29) is 173 Å². The molecule has 0 aliphatic rings. The molecule has 0 nitrogen and oxygen atoms in total. The molecule has 0 aromatic rings. The van der Waals surface area contributed by atoms with Gasteiger partial charge in [0.2, 0.25) is 0 Å². The Morgan fingerprint density at radius 1 is 0.167 bits per heavy atom. The van der Waals surface area contributed by atoms with Crippen molar-refractivity contribution in [2.45, 2.75) is 37.1 Å². The Balaban J connectivity index is 0. The first kappa shape index (κ1) is 203. The quantitative estimate of drug-likeness (QED) is 0.417. The molecule has 0 heterocycles. The van der Waals surface area contributed by atoms with Gasteiger partial charge in [0.15, 0.2) is 0 Å². The zero-order valence-electron chi connectivity index (χ0n) is 4.95. The fourth-order valence-electron chi connectivity index (χ4n) is 0. The second-order valence-electron chi connectivity index (χ2n) is 0. The van der Waals surface area contributed by atoms with Crippen molar-refractivity contribution in [1.82, 2.24) is 0 Å². The zero-order valence-corrected chi connectivity index (χ0v) is 25.7. The van der Waals surface area contributed by atoms with Gasteiger partial charge < -0.3 is 0 Å². The van der Waals surface area contributed by atoms with Crippen LogP contribution in [0.3, 0.4) is 0 Å².